The van der Waals surface area contributed by atoms with Crippen LogP contribution in [0.25, 0.3) is 0 Å². The van der Waals surface area contributed by atoms with Crippen molar-refractivity contribution in [3.63, 3.8) is 0 Å². The molecule has 1 N–H and O–H groups in total. The number of anilines is 3. The molecule has 0 amide bonds. The highest BCUT2D eigenvalue weighted by Gasteiger charge is 2.26. The highest BCUT2D eigenvalue weighted by molar-refractivity contribution is 5.61. The molecule has 0 aliphatic carbocycles. The van der Waals surface area contributed by atoms with Crippen molar-refractivity contribution in [3.8, 4) is 5.75 Å². The van der Waals surface area contributed by atoms with Crippen LogP contribution in [-0.4, -0.2) is 49.2 Å². The Balaban J connectivity index is 1.45. The first-order valence-electron chi connectivity index (χ1n) is 10.7. The van der Waals surface area contributed by atoms with E-state index in [1.54, 1.807) is 7.11 Å². The molecule has 1 aliphatic rings. The molecule has 1 aliphatic heterocycles. The third-order valence-electron chi connectivity index (χ3n) is 5.73. The van der Waals surface area contributed by atoms with Gasteiger partial charge in [0, 0.05) is 67.6 Å². The van der Waals surface area contributed by atoms with Crippen LogP contribution in [0.1, 0.15) is 29.3 Å². The maximum absolute atomic E-state index is 5.25. The van der Waals surface area contributed by atoms with Crippen LogP contribution >= 0.6 is 0 Å². The molecule has 6 nitrogen and oxygen atoms in total. The van der Waals surface area contributed by atoms with Gasteiger partial charge >= 0.3 is 0 Å². The molecule has 1 fully saturated rings. The molecule has 31 heavy (non-hydrogen) atoms. The van der Waals surface area contributed by atoms with Crippen LogP contribution in [-0.2, 0) is 6.54 Å². The monoisotopic (exact) mass is 417 g/mol. The zero-order chi connectivity index (χ0) is 21.8. The molecule has 6 heteroatoms. The minimum absolute atomic E-state index is 0.441. The number of rotatable bonds is 7. The number of methoxy groups -OCH3 is 1. The Bertz CT molecular complexity index is 1020. The van der Waals surface area contributed by atoms with Crippen molar-refractivity contribution in [1.82, 2.24) is 14.9 Å². The van der Waals surface area contributed by atoms with Gasteiger partial charge in [-0.05, 0) is 62.4 Å². The van der Waals surface area contributed by atoms with E-state index in [1.165, 1.54) is 5.56 Å². The summed E-state index contributed by atoms with van der Waals surface area (Å²) in [5, 5.41) is 3.51. The van der Waals surface area contributed by atoms with Gasteiger partial charge < -0.3 is 15.0 Å². The second kappa shape index (κ2) is 9.35. The Kier molecular flexibility index (Phi) is 6.37. The van der Waals surface area contributed by atoms with Gasteiger partial charge in [0.2, 0.25) is 0 Å². The van der Waals surface area contributed by atoms with Crippen LogP contribution in [0.2, 0.25) is 0 Å². The lowest BCUT2D eigenvalue weighted by molar-refractivity contribution is 0.326. The molecule has 3 aromatic rings. The van der Waals surface area contributed by atoms with Gasteiger partial charge in [-0.1, -0.05) is 6.07 Å². The second-order valence-corrected chi connectivity index (χ2v) is 8.38. The summed E-state index contributed by atoms with van der Waals surface area (Å²) in [6, 6.07) is 16.5. The average molecular weight is 418 g/mol. The predicted molar refractivity (Wildman–Crippen MR) is 126 cm³/mol. The van der Waals surface area contributed by atoms with Crippen molar-refractivity contribution < 1.29 is 4.74 Å². The molecule has 1 saturated heterocycles. The van der Waals surface area contributed by atoms with Crippen LogP contribution in [0.5, 0.6) is 5.75 Å². The van der Waals surface area contributed by atoms with E-state index in [0.29, 0.717) is 5.92 Å². The van der Waals surface area contributed by atoms with Crippen molar-refractivity contribution in [3.05, 3.63) is 71.7 Å². The Morgan fingerprint density at radius 3 is 2.68 bits per heavy atom. The van der Waals surface area contributed by atoms with Crippen molar-refractivity contribution in [2.75, 3.05) is 44.5 Å². The number of pyridine rings is 2. The number of aromatic nitrogens is 2. The fourth-order valence-electron chi connectivity index (χ4n) is 4.23. The summed E-state index contributed by atoms with van der Waals surface area (Å²) < 4.78 is 5.25. The Hall–Kier alpha value is -3.12. The lowest BCUT2D eigenvalue weighted by Gasteiger charge is -2.21. The third kappa shape index (κ3) is 5.14. The number of likely N-dealkylation sites (tertiary alicyclic amines) is 1. The van der Waals surface area contributed by atoms with E-state index in [9.17, 15) is 0 Å². The van der Waals surface area contributed by atoms with Gasteiger partial charge in [-0.25, -0.2) is 4.98 Å². The third-order valence-corrected chi connectivity index (χ3v) is 5.73. The van der Waals surface area contributed by atoms with Crippen LogP contribution in [0.3, 0.4) is 0 Å². The van der Waals surface area contributed by atoms with Crippen molar-refractivity contribution >= 4 is 17.2 Å². The summed E-state index contributed by atoms with van der Waals surface area (Å²) in [5.74, 6) is 2.34. The van der Waals surface area contributed by atoms with Crippen LogP contribution in [0.15, 0.2) is 54.7 Å². The summed E-state index contributed by atoms with van der Waals surface area (Å²) in [6.45, 7) is 5.07. The minimum atomic E-state index is 0.441. The number of nitrogens with zero attached hydrogens (tertiary/aromatic N) is 4. The Morgan fingerprint density at radius 1 is 1.13 bits per heavy atom. The van der Waals surface area contributed by atoms with Gasteiger partial charge in [0.15, 0.2) is 0 Å². The topological polar surface area (TPSA) is 53.5 Å². The standard InChI is InChI=1S/C25H31N5O/c1-18-14-22(28-21-7-9-23(31-4)10-8-21)15-24(27-18)19-11-13-30(16-19)17-20-6-5-12-26-25(20)29(2)3/h5-10,12,14-15,19H,11,13,16-17H2,1-4H3,(H,27,28)/t19-/m0/s1. The number of hydrogen-bond donors (Lipinski definition) is 1. The quantitative estimate of drug-likeness (QED) is 0.607. The molecule has 0 unspecified atom stereocenters. The molecule has 2 aromatic heterocycles. The first-order valence-corrected chi connectivity index (χ1v) is 10.7. The predicted octanol–water partition coefficient (Wildman–Crippen LogP) is 4.59. The number of hydrogen-bond acceptors (Lipinski definition) is 6. The summed E-state index contributed by atoms with van der Waals surface area (Å²) in [6.07, 6.45) is 2.98. The SMILES string of the molecule is COc1ccc(Nc2cc(C)nc([C@H]3CCN(Cc4cccnc4N(C)C)C3)c2)cc1. The molecule has 0 spiro atoms. The number of nitrogens with one attached hydrogen (secondary N) is 1. The molecular weight excluding hydrogens is 386 g/mol. The van der Waals surface area contributed by atoms with E-state index in [2.05, 4.69) is 45.2 Å². The van der Waals surface area contributed by atoms with Crippen molar-refractivity contribution in [2.24, 2.45) is 0 Å². The van der Waals surface area contributed by atoms with E-state index in [4.69, 9.17) is 9.72 Å². The van der Waals surface area contributed by atoms with Gasteiger partial charge in [-0.3, -0.25) is 9.88 Å². The Labute approximate surface area is 184 Å². The van der Waals surface area contributed by atoms with Gasteiger partial charge in [0.25, 0.3) is 0 Å². The highest BCUT2D eigenvalue weighted by Crippen LogP contribution is 2.31. The van der Waals surface area contributed by atoms with Crippen molar-refractivity contribution in [1.29, 1.82) is 0 Å². The molecule has 0 radical (unpaired) electrons. The maximum atomic E-state index is 5.25. The smallest absolute Gasteiger partial charge is 0.132 e. The molecule has 162 valence electrons. The van der Waals surface area contributed by atoms with E-state index in [-0.39, 0.29) is 0 Å². The Morgan fingerprint density at radius 2 is 1.94 bits per heavy atom. The van der Waals surface area contributed by atoms with E-state index in [0.717, 1.165) is 60.4 Å². The highest BCUT2D eigenvalue weighted by atomic mass is 16.5. The first-order chi connectivity index (χ1) is 15.0. The first kappa shape index (κ1) is 21.1. The number of ether oxygens (including phenoxy) is 1. The molecule has 1 atom stereocenters. The summed E-state index contributed by atoms with van der Waals surface area (Å²) >= 11 is 0. The van der Waals surface area contributed by atoms with Crippen LogP contribution in [0.4, 0.5) is 17.2 Å². The molecular formula is C25H31N5O. The average Bonchev–Trinajstić information content (AvgIpc) is 3.23. The summed E-state index contributed by atoms with van der Waals surface area (Å²) in [7, 11) is 5.78. The largest absolute Gasteiger partial charge is 0.497 e. The van der Waals surface area contributed by atoms with Gasteiger partial charge in [0.05, 0.1) is 7.11 Å². The van der Waals surface area contributed by atoms with Crippen LogP contribution in [0, 0.1) is 6.92 Å². The lowest BCUT2D eigenvalue weighted by Crippen LogP contribution is -2.22. The summed E-state index contributed by atoms with van der Waals surface area (Å²) in [5.41, 5.74) is 5.59. The second-order valence-electron chi connectivity index (χ2n) is 8.38. The fourth-order valence-corrected chi connectivity index (χ4v) is 4.23. The lowest BCUT2D eigenvalue weighted by atomic mass is 10.0. The van der Waals surface area contributed by atoms with Gasteiger partial charge in [0.1, 0.15) is 11.6 Å². The zero-order valence-corrected chi connectivity index (χ0v) is 18.8. The van der Waals surface area contributed by atoms with Gasteiger partial charge in [-0.2, -0.15) is 0 Å². The molecule has 3 heterocycles. The van der Waals surface area contributed by atoms with E-state index < -0.39 is 0 Å². The number of aryl methyl sites for hydroxylation is 1. The van der Waals surface area contributed by atoms with Crippen molar-refractivity contribution in [2.45, 2.75) is 25.8 Å². The number of benzene rings is 1. The minimum Gasteiger partial charge on any atom is -0.497 e. The molecule has 0 saturated carbocycles. The maximum Gasteiger partial charge on any atom is 0.132 e. The van der Waals surface area contributed by atoms with Gasteiger partial charge in [-0.15, -0.1) is 0 Å². The fraction of sp³-hybridized carbons (Fsp3) is 0.360. The molecule has 4 rings (SSSR count). The zero-order valence-electron chi connectivity index (χ0n) is 18.8. The summed E-state index contributed by atoms with van der Waals surface area (Å²) in [4.78, 5) is 14.0. The molecule has 0 bridgehead atoms. The van der Waals surface area contributed by atoms with E-state index in [1.807, 2.05) is 50.6 Å². The van der Waals surface area contributed by atoms with E-state index >= 15 is 0 Å². The normalized spacial score (nSPS) is 16.3. The van der Waals surface area contributed by atoms with Crippen LogP contribution < -0.4 is 15.0 Å². The molecule has 1 aromatic carbocycles.